The van der Waals surface area contributed by atoms with E-state index < -0.39 is 0 Å². The van der Waals surface area contributed by atoms with Gasteiger partial charge in [-0.25, -0.2) is 0 Å². The molecule has 312 valence electrons. The third kappa shape index (κ3) is 3.81. The zero-order valence-corrected chi connectivity index (χ0v) is 42.7. The standard InChI is InChI=1S/C66H27I3/c67-64-40-25-19-34-32-17-23-38-44(29-12-6-2-7-13-29)66(69)42-27-21-36-33-18-24-39-45(30-14-8-3-9-15-30)65(68)41-26-20-35-31-16-22-37(43(64)28-10-4-1-5-11-28)52-46(31)58-61(49(34)55(40)52)59-47(32)53(38)57(42)51(36)63(59)60-48(33)54(39)56(41)50(35)62(58)60/h1-27H. The van der Waals surface area contributed by atoms with Crippen LogP contribution in [0.1, 0.15) is 0 Å². The fourth-order valence-electron chi connectivity index (χ4n) is 14.9. The van der Waals surface area contributed by atoms with E-state index in [1.54, 1.807) is 0 Å². The summed E-state index contributed by atoms with van der Waals surface area (Å²) in [6.07, 6.45) is 0. The van der Waals surface area contributed by atoms with Crippen LogP contribution < -0.4 is 0 Å². The molecule has 0 N–H and O–H groups in total. The van der Waals surface area contributed by atoms with Crippen LogP contribution in [-0.4, -0.2) is 0 Å². The first-order valence-corrected chi connectivity index (χ1v) is 27.0. The summed E-state index contributed by atoms with van der Waals surface area (Å²) in [7, 11) is 0. The molecule has 0 amide bonds. The van der Waals surface area contributed by atoms with Gasteiger partial charge in [0, 0.05) is 27.4 Å². The molecular weight excluding hydrogens is 1170 g/mol. The highest BCUT2D eigenvalue weighted by atomic mass is 127. The lowest BCUT2D eigenvalue weighted by Gasteiger charge is -2.32. The van der Waals surface area contributed by atoms with E-state index in [0.717, 1.165) is 0 Å². The van der Waals surface area contributed by atoms with Crippen molar-refractivity contribution in [2.45, 2.75) is 0 Å². The van der Waals surface area contributed by atoms with Crippen molar-refractivity contribution < 1.29 is 0 Å². The van der Waals surface area contributed by atoms with Crippen LogP contribution in [0, 0.1) is 10.7 Å². The van der Waals surface area contributed by atoms with E-state index in [9.17, 15) is 0 Å². The molecule has 0 nitrogen and oxygen atoms in total. The van der Waals surface area contributed by atoms with E-state index in [1.807, 2.05) is 0 Å². The zero-order valence-electron chi connectivity index (χ0n) is 36.2. The average Bonchev–Trinajstić information content (AvgIpc) is 3.40. The lowest BCUT2D eigenvalue weighted by molar-refractivity contribution is 1.65. The van der Waals surface area contributed by atoms with Crippen LogP contribution in [0.3, 0.4) is 0 Å². The Hall–Kier alpha value is -6.39. The first-order valence-electron chi connectivity index (χ1n) is 23.8. The molecule has 69 heavy (non-hydrogen) atoms. The number of fused-ring (bicyclic) bond motifs is 3. The lowest BCUT2D eigenvalue weighted by Crippen LogP contribution is -2.04. The molecular formula is C66H27I3. The summed E-state index contributed by atoms with van der Waals surface area (Å²) in [5.74, 6) is 0. The van der Waals surface area contributed by atoms with E-state index in [1.165, 1.54) is 206 Å². The van der Waals surface area contributed by atoms with E-state index in [4.69, 9.17) is 0 Å². The number of halogens is 3. The fourth-order valence-corrected chi connectivity index (χ4v) is 18.1. The van der Waals surface area contributed by atoms with Crippen LogP contribution in [0.2, 0.25) is 0 Å². The van der Waals surface area contributed by atoms with Gasteiger partial charge in [-0.1, -0.05) is 164 Å². The smallest absolute Gasteiger partial charge is 0.0293 e. The van der Waals surface area contributed by atoms with Gasteiger partial charge in [0.25, 0.3) is 0 Å². The van der Waals surface area contributed by atoms with Gasteiger partial charge in [0.1, 0.15) is 0 Å². The second kappa shape index (κ2) is 12.0. The van der Waals surface area contributed by atoms with Crippen LogP contribution in [0.5, 0.6) is 0 Å². The highest BCUT2D eigenvalue weighted by molar-refractivity contribution is 14.1. The molecule has 19 aromatic rings. The van der Waals surface area contributed by atoms with Crippen LogP contribution in [0.15, 0.2) is 164 Å². The van der Waals surface area contributed by atoms with Gasteiger partial charge < -0.3 is 0 Å². The van der Waals surface area contributed by atoms with E-state index in [0.29, 0.717) is 0 Å². The Balaban J connectivity index is 1.21. The number of hydrogen-bond donors (Lipinski definition) is 0. The summed E-state index contributed by atoms with van der Waals surface area (Å²) in [6, 6.07) is 63.4. The second-order valence-electron chi connectivity index (χ2n) is 19.9. The Labute approximate surface area is 432 Å². The molecule has 0 heterocycles. The molecule has 0 bridgehead atoms. The molecule has 0 saturated carbocycles. The molecule has 0 atom stereocenters. The molecule has 0 aliphatic rings. The van der Waals surface area contributed by atoms with E-state index in [2.05, 4.69) is 232 Å². The van der Waals surface area contributed by atoms with Crippen molar-refractivity contribution in [3.63, 3.8) is 0 Å². The van der Waals surface area contributed by atoms with Crippen molar-refractivity contribution in [2.75, 3.05) is 0 Å². The van der Waals surface area contributed by atoms with Crippen molar-refractivity contribution >= 4 is 229 Å². The quantitative estimate of drug-likeness (QED) is 0.0940. The maximum atomic E-state index is 2.69. The summed E-state index contributed by atoms with van der Waals surface area (Å²) in [5.41, 5.74) is 7.84. The predicted molar refractivity (Wildman–Crippen MR) is 324 cm³/mol. The average molecular weight is 1200 g/mol. The summed E-state index contributed by atoms with van der Waals surface area (Å²) in [5, 5.41) is 42.1. The summed E-state index contributed by atoms with van der Waals surface area (Å²) in [4.78, 5) is 0. The van der Waals surface area contributed by atoms with E-state index >= 15 is 0 Å². The molecule has 0 fully saturated rings. The molecule has 19 aromatic carbocycles. The van der Waals surface area contributed by atoms with Crippen LogP contribution in [-0.2, 0) is 0 Å². The maximum Gasteiger partial charge on any atom is 0.0293 e. The van der Waals surface area contributed by atoms with Crippen molar-refractivity contribution in [1.29, 1.82) is 0 Å². The molecule has 0 unspecified atom stereocenters. The minimum atomic E-state index is 1.27. The number of hydrogen-bond acceptors (Lipinski definition) is 0. The first kappa shape index (κ1) is 36.6. The van der Waals surface area contributed by atoms with Crippen molar-refractivity contribution in [3.05, 3.63) is 175 Å². The molecule has 0 saturated heterocycles. The Morgan fingerprint density at radius 1 is 0.159 bits per heavy atom. The SMILES string of the molecule is Ic1c(-c2ccccc2)c2ccc3c4ccc5c(I)c(-c6ccccc6)c6ccc7c8ccc9c(I)c(-c%10ccccc%10)c%10ccc%11c%12ccc1c1c2c3c2c(c%121)c1c%11c%10c9c8c1c1c7c6c5c4c21. The monoisotopic (exact) mass is 1200 g/mol. The van der Waals surface area contributed by atoms with Gasteiger partial charge in [0.15, 0.2) is 0 Å². The van der Waals surface area contributed by atoms with Gasteiger partial charge in [-0.05, 0) is 246 Å². The summed E-state index contributed by atoms with van der Waals surface area (Å²) >= 11 is 8.08. The van der Waals surface area contributed by atoms with Crippen LogP contribution in [0.25, 0.3) is 195 Å². The lowest BCUT2D eigenvalue weighted by atomic mass is 9.70. The molecule has 0 aliphatic carbocycles. The Morgan fingerprint density at radius 2 is 0.333 bits per heavy atom. The van der Waals surface area contributed by atoms with Crippen LogP contribution >= 0.6 is 67.8 Å². The normalized spacial score (nSPS) is 13.4. The molecule has 0 radical (unpaired) electrons. The topological polar surface area (TPSA) is 0 Å². The zero-order chi connectivity index (χ0) is 44.6. The predicted octanol–water partition coefficient (Wildman–Crippen LogP) is 20.7. The number of rotatable bonds is 3. The van der Waals surface area contributed by atoms with Gasteiger partial charge in [-0.3, -0.25) is 0 Å². The van der Waals surface area contributed by atoms with Crippen molar-refractivity contribution in [1.82, 2.24) is 0 Å². The summed E-state index contributed by atoms with van der Waals surface area (Å²) < 4.78 is 3.98. The molecule has 19 rings (SSSR count). The highest BCUT2D eigenvalue weighted by Gasteiger charge is 2.36. The molecule has 3 heteroatoms. The molecule has 0 spiro atoms. The molecule has 0 aromatic heterocycles. The minimum absolute atomic E-state index is 1.27. The Kier molecular flexibility index (Phi) is 6.34. The van der Waals surface area contributed by atoms with Gasteiger partial charge >= 0.3 is 0 Å². The maximum absolute atomic E-state index is 2.69. The second-order valence-corrected chi connectivity index (χ2v) is 23.1. The van der Waals surface area contributed by atoms with Crippen LogP contribution in [0.4, 0.5) is 0 Å². The van der Waals surface area contributed by atoms with Gasteiger partial charge in [-0.2, -0.15) is 0 Å². The molecule has 0 aliphatic heterocycles. The Morgan fingerprint density at radius 3 is 0.565 bits per heavy atom. The first-order chi connectivity index (χ1) is 34.1. The number of benzene rings is 19. The van der Waals surface area contributed by atoms with Gasteiger partial charge in [0.05, 0.1) is 0 Å². The third-order valence-electron chi connectivity index (χ3n) is 17.2. The highest BCUT2D eigenvalue weighted by Crippen LogP contribution is 2.64. The van der Waals surface area contributed by atoms with Crippen molar-refractivity contribution in [3.8, 4) is 33.4 Å². The van der Waals surface area contributed by atoms with Gasteiger partial charge in [0.2, 0.25) is 0 Å². The largest absolute Gasteiger partial charge is 0.0622 e. The third-order valence-corrected chi connectivity index (χ3v) is 20.6. The van der Waals surface area contributed by atoms with E-state index in [-0.39, 0.29) is 0 Å². The minimum Gasteiger partial charge on any atom is -0.0622 e. The summed E-state index contributed by atoms with van der Waals surface area (Å²) in [6.45, 7) is 0. The van der Waals surface area contributed by atoms with Gasteiger partial charge in [-0.15, -0.1) is 0 Å². The van der Waals surface area contributed by atoms with Crippen molar-refractivity contribution in [2.24, 2.45) is 0 Å². The Bertz CT molecular complexity index is 4840. The fraction of sp³-hybridized carbons (Fsp3) is 0.